The monoisotopic (exact) mass is 1380 g/mol. The first kappa shape index (κ1) is 82.5. The molecule has 0 aromatic heterocycles. The van der Waals surface area contributed by atoms with Gasteiger partial charge < -0.3 is 0 Å². The van der Waals surface area contributed by atoms with Crippen molar-refractivity contribution in [1.29, 1.82) is 0 Å². The van der Waals surface area contributed by atoms with Crippen molar-refractivity contribution >= 4 is 0 Å². The highest BCUT2D eigenvalue weighted by Gasteiger charge is 2.51. The molecule has 24 fully saturated rings. The molecule has 0 radical (unpaired) electrons. The Labute approximate surface area is 629 Å². The fraction of sp³-hybridized carbons (Fsp3) is 1.00. The lowest BCUT2D eigenvalue weighted by Crippen LogP contribution is -2.44. The minimum absolute atomic E-state index is 0.654. The standard InChI is InChI=1S/C11H20.3C10H18.4C9H16.C8H14.C8H16.C7H14/c1-8-9-4-6-10(7-5-9)11(8,2)3;1-7-8-4-5-9(6-8)10(7,2)3;1-8-7-9-3-5-10(8,2)6-4-9;1-7-8(2)10-5-3-9(7)4-6-10;1-7-5-8-3-4-9(7,2)6-8;1-6-7(2)9-4-3-8(6)5-9;1-7-6-8-2-4-9(7)5-3-8;1-2-8-5-7-3-4-9(8)6-7;1-6-4-7-2-3-8(6)5-7;1-2-8-6-4-3-5-7-8;1-2-7-5-3-4-6-7/h8-10H,4-7H2,1-3H3;7-9H,4-6H2,1-3H3;8-9H,3-7H2,1-2H3;7-10H,3-6H2,1-2H3;7-8H,3-6H2,1-2H3;6-9H,3-5H2,1-2H3;2*7-9H,2-6H2,1H3;6-8H,2-5H2,1H3;8H,2-7H2,1H3;7H,2-6H2,1H3/t8-,9?,10?;7-,8?,9?;8-,9?,10?;7-,8?,9?,10?;7-,8?,9?;6-,7?,8?,9?;7-,8?,9?;;6-,7?,8?;;/m1100000.0../s1. The molecule has 0 aromatic carbocycles. The second-order valence-corrected chi connectivity index (χ2v) is 44.6. The third-order valence-electron chi connectivity index (χ3n) is 39.2. The summed E-state index contributed by atoms with van der Waals surface area (Å²) in [4.78, 5) is 0. The summed E-state index contributed by atoms with van der Waals surface area (Å²) in [5, 5.41) is 0. The fourth-order valence-corrected chi connectivity index (χ4v) is 29.2. The van der Waals surface area contributed by atoms with E-state index in [1.54, 1.807) is 89.9 Å². The number of rotatable bonds is 3. The summed E-state index contributed by atoms with van der Waals surface area (Å²) in [6, 6.07) is 0. The van der Waals surface area contributed by atoms with Gasteiger partial charge in [0.05, 0.1) is 0 Å². The molecule has 0 amide bonds. The minimum Gasteiger partial charge on any atom is -0.0651 e. The number of fused-ring (bicyclic) bond motifs is 22. The lowest BCUT2D eigenvalue weighted by Gasteiger charge is -2.53. The molecule has 0 N–H and O–H groups in total. The Balaban J connectivity index is 0.000000119. The van der Waals surface area contributed by atoms with Crippen LogP contribution in [0, 0.1) is 193 Å². The van der Waals surface area contributed by atoms with Gasteiger partial charge in [0.25, 0.3) is 0 Å². The van der Waals surface area contributed by atoms with Crippen LogP contribution in [-0.2, 0) is 0 Å². The van der Waals surface area contributed by atoms with Crippen LogP contribution in [0.2, 0.25) is 0 Å². The van der Waals surface area contributed by atoms with E-state index in [1.165, 1.54) is 218 Å². The summed E-state index contributed by atoms with van der Waals surface area (Å²) in [5.41, 5.74) is 2.84. The summed E-state index contributed by atoms with van der Waals surface area (Å²) in [7, 11) is 0. The van der Waals surface area contributed by atoms with E-state index in [9.17, 15) is 0 Å². The minimum atomic E-state index is 0.654. The zero-order chi connectivity index (χ0) is 71.7. The van der Waals surface area contributed by atoms with Gasteiger partial charge in [-0.15, -0.1) is 0 Å². The van der Waals surface area contributed by atoms with Gasteiger partial charge in [-0.05, 0) is 399 Å². The SMILES string of the molecule is CC1C2CCC(C2)[C@H]1C.CC1C2CCC(CC2)[C@H]1C.CCC1CC2CCC1C2.CCC1CCCC1.CCC1CCCCC1.C[C@@H]1C2CCC(C2)C1(C)C.C[C@@H]1C2CCC(CC2)C1(C)C.C[C@H]1CC2CCC1(C)C2.C[C@H]1CC2CCC1(C)CC2.C[C@H]1CC2CCC1C2.C[C@H]1CC2CCC1CC2. The molecule has 24 aliphatic rings. The van der Waals surface area contributed by atoms with Crippen LogP contribution in [0.4, 0.5) is 0 Å². The van der Waals surface area contributed by atoms with Gasteiger partial charge in [0.15, 0.2) is 0 Å². The van der Waals surface area contributed by atoms with Gasteiger partial charge in [0.2, 0.25) is 0 Å². The Morgan fingerprint density at radius 2 is 0.630 bits per heavy atom. The quantitative estimate of drug-likeness (QED) is 0.264. The van der Waals surface area contributed by atoms with Crippen molar-refractivity contribution in [2.75, 3.05) is 0 Å². The Morgan fingerprint density at radius 3 is 0.880 bits per heavy atom. The third-order valence-corrected chi connectivity index (χ3v) is 39.2. The molecule has 0 spiro atoms. The van der Waals surface area contributed by atoms with Gasteiger partial charge in [-0.1, -0.05) is 234 Å². The average molecular weight is 1380 g/mol. The maximum Gasteiger partial charge on any atom is -0.0297 e. The molecule has 0 heteroatoms. The third kappa shape index (κ3) is 20.9. The van der Waals surface area contributed by atoms with E-state index in [1.807, 2.05) is 0 Å². The maximum atomic E-state index is 2.49. The normalized spacial score (nSPS) is 47.7. The molecule has 24 aliphatic carbocycles. The molecular weight excluding hydrogens is 1200 g/mol. The van der Waals surface area contributed by atoms with E-state index in [0.29, 0.717) is 10.8 Å². The summed E-state index contributed by atoms with van der Waals surface area (Å²) < 4.78 is 0. The molecule has 0 nitrogen and oxygen atoms in total. The smallest absolute Gasteiger partial charge is 0.0297 e. The van der Waals surface area contributed by atoms with Crippen LogP contribution in [0.1, 0.15) is 440 Å². The van der Waals surface area contributed by atoms with Crippen molar-refractivity contribution in [2.24, 2.45) is 193 Å². The average Bonchev–Trinajstić information content (AvgIpc) is 1.00. The summed E-state index contributed by atoms with van der Waals surface area (Å²) in [6.07, 6.45) is 73.2. The first-order chi connectivity index (χ1) is 47.7. The Morgan fingerprint density at radius 1 is 0.250 bits per heavy atom. The first-order valence-electron chi connectivity index (χ1n) is 47.7. The van der Waals surface area contributed by atoms with E-state index in [4.69, 9.17) is 0 Å². The highest BCUT2D eigenvalue weighted by atomic mass is 14.6. The predicted molar refractivity (Wildman–Crippen MR) is 440 cm³/mol. The van der Waals surface area contributed by atoms with Crippen LogP contribution in [0.3, 0.4) is 0 Å². The fourth-order valence-electron chi connectivity index (χ4n) is 29.2. The van der Waals surface area contributed by atoms with Crippen molar-refractivity contribution in [3.05, 3.63) is 0 Å². The second-order valence-electron chi connectivity index (χ2n) is 44.6. The molecule has 13 unspecified atom stereocenters. The molecule has 0 aliphatic heterocycles. The summed E-state index contributed by atoms with van der Waals surface area (Å²) in [6.45, 7) is 46.3. The van der Waals surface area contributed by atoms with Gasteiger partial charge >= 0.3 is 0 Å². The molecule has 21 atom stereocenters. The lowest BCUT2D eigenvalue weighted by atomic mass is 9.52. The van der Waals surface area contributed by atoms with E-state index >= 15 is 0 Å². The topological polar surface area (TPSA) is 0 Å². The van der Waals surface area contributed by atoms with Crippen LogP contribution in [0.15, 0.2) is 0 Å². The van der Waals surface area contributed by atoms with Gasteiger partial charge in [0, 0.05) is 0 Å². The van der Waals surface area contributed by atoms with Crippen molar-refractivity contribution in [1.82, 2.24) is 0 Å². The van der Waals surface area contributed by atoms with E-state index in [-0.39, 0.29) is 0 Å². The number of hydrogen-bond acceptors (Lipinski definition) is 0. The zero-order valence-electron chi connectivity index (χ0n) is 71.7. The maximum absolute atomic E-state index is 2.49. The zero-order valence-corrected chi connectivity index (χ0v) is 71.7. The molecule has 18 bridgehead atoms. The lowest BCUT2D eigenvalue weighted by molar-refractivity contribution is -0.0319. The Bertz CT molecular complexity index is 2220. The van der Waals surface area contributed by atoms with Crippen molar-refractivity contribution in [3.63, 3.8) is 0 Å². The molecule has 100 heavy (non-hydrogen) atoms. The van der Waals surface area contributed by atoms with Gasteiger partial charge in [0.1, 0.15) is 0 Å². The van der Waals surface area contributed by atoms with Crippen molar-refractivity contribution < 1.29 is 0 Å². The van der Waals surface area contributed by atoms with Gasteiger partial charge in [-0.25, -0.2) is 0 Å². The van der Waals surface area contributed by atoms with Gasteiger partial charge in [-0.3, -0.25) is 0 Å². The van der Waals surface area contributed by atoms with Crippen molar-refractivity contribution in [2.45, 2.75) is 440 Å². The molecule has 0 aromatic rings. The second kappa shape index (κ2) is 37.6. The highest BCUT2D eigenvalue weighted by Crippen LogP contribution is 2.61. The van der Waals surface area contributed by atoms with E-state index in [2.05, 4.69) is 132 Å². The molecule has 24 saturated carbocycles. The van der Waals surface area contributed by atoms with Crippen molar-refractivity contribution in [3.8, 4) is 0 Å². The molecule has 582 valence electrons. The van der Waals surface area contributed by atoms with E-state index < -0.39 is 0 Å². The number of hydrogen-bond donors (Lipinski definition) is 0. The van der Waals surface area contributed by atoms with Gasteiger partial charge in [-0.2, -0.15) is 0 Å². The highest BCUT2D eigenvalue weighted by molar-refractivity contribution is 5.01. The largest absolute Gasteiger partial charge is 0.0651 e. The summed E-state index contributed by atoms with van der Waals surface area (Å²) in [5.74, 6) is 31.4. The molecule has 24 rings (SSSR count). The Hall–Kier alpha value is 0. The van der Waals surface area contributed by atoms with E-state index in [0.717, 1.165) is 182 Å². The molecule has 0 heterocycles. The molecule has 0 saturated heterocycles. The van der Waals surface area contributed by atoms with Crippen LogP contribution in [0.5, 0.6) is 0 Å². The Kier molecular flexibility index (Phi) is 31.0. The summed E-state index contributed by atoms with van der Waals surface area (Å²) >= 11 is 0. The molecular formula is C100H182. The van der Waals surface area contributed by atoms with Crippen LogP contribution in [0.25, 0.3) is 0 Å². The van der Waals surface area contributed by atoms with Crippen LogP contribution >= 0.6 is 0 Å². The predicted octanol–water partition coefficient (Wildman–Crippen LogP) is 32.0. The van der Waals surface area contributed by atoms with Crippen LogP contribution in [-0.4, -0.2) is 0 Å². The van der Waals surface area contributed by atoms with Crippen LogP contribution < -0.4 is 0 Å². The first-order valence-corrected chi connectivity index (χ1v) is 47.7.